The summed E-state index contributed by atoms with van der Waals surface area (Å²) in [5.74, 6) is -0.666. The zero-order chi connectivity index (χ0) is 19.4. The average Bonchev–Trinajstić information content (AvgIpc) is 3.35. The predicted molar refractivity (Wildman–Crippen MR) is 105 cm³/mol. The molecule has 0 saturated carbocycles. The van der Waals surface area contributed by atoms with Crippen LogP contribution in [-0.2, 0) is 10.0 Å². The van der Waals surface area contributed by atoms with Crippen LogP contribution >= 0.6 is 11.3 Å². The third kappa shape index (κ3) is 4.20. The molecule has 0 atom stereocenters. The first-order valence-corrected chi connectivity index (χ1v) is 11.0. The van der Waals surface area contributed by atoms with Crippen LogP contribution < -0.4 is 10.6 Å². The fourth-order valence-electron chi connectivity index (χ4n) is 2.89. The molecule has 2 heterocycles. The number of thiophene rings is 1. The number of sulfonamides is 1. The Balaban J connectivity index is 1.76. The maximum Gasteiger partial charge on any atom is 0.267 e. The van der Waals surface area contributed by atoms with Crippen LogP contribution in [0.25, 0.3) is 0 Å². The Kier molecular flexibility index (Phi) is 5.93. The summed E-state index contributed by atoms with van der Waals surface area (Å²) in [6.45, 7) is 3.34. The van der Waals surface area contributed by atoms with Gasteiger partial charge in [0.15, 0.2) is 0 Å². The summed E-state index contributed by atoms with van der Waals surface area (Å²) in [5.41, 5.74) is 0.981. The van der Waals surface area contributed by atoms with Gasteiger partial charge in [-0.15, -0.1) is 11.3 Å². The van der Waals surface area contributed by atoms with Crippen molar-refractivity contribution in [1.29, 1.82) is 0 Å². The van der Waals surface area contributed by atoms with E-state index in [9.17, 15) is 18.0 Å². The van der Waals surface area contributed by atoms with Gasteiger partial charge in [-0.2, -0.15) is 4.31 Å². The number of carbonyl (C=O) groups is 2. The molecule has 0 aliphatic carbocycles. The number of nitrogens with zero attached hydrogens (tertiary/aromatic N) is 1. The summed E-state index contributed by atoms with van der Waals surface area (Å²) in [6, 6.07) is 7.93. The van der Waals surface area contributed by atoms with Gasteiger partial charge in [-0.3, -0.25) is 9.59 Å². The third-order valence-corrected chi connectivity index (χ3v) is 7.24. The van der Waals surface area contributed by atoms with Gasteiger partial charge in [0.2, 0.25) is 10.0 Å². The quantitative estimate of drug-likeness (QED) is 0.769. The van der Waals surface area contributed by atoms with Gasteiger partial charge in [0.05, 0.1) is 0 Å². The summed E-state index contributed by atoms with van der Waals surface area (Å²) >= 11 is 1.10. The number of nitrogens with one attached hydrogen (secondary N) is 2. The Morgan fingerprint density at radius 3 is 2.37 bits per heavy atom. The second kappa shape index (κ2) is 8.20. The minimum absolute atomic E-state index is 0.0471. The van der Waals surface area contributed by atoms with Crippen LogP contribution in [0, 0.1) is 0 Å². The standard InChI is InChI=1S/C18H21N3O4S2/c1-2-19-17(22)13-5-7-14(8-6-13)20-18(23)16-15(9-12-26-16)27(24,25)21-10-3-4-11-21/h5-9,12H,2-4,10-11H2,1H3,(H,19,22)(H,20,23). The Labute approximate surface area is 162 Å². The smallest absolute Gasteiger partial charge is 0.267 e. The van der Waals surface area contributed by atoms with Crippen molar-refractivity contribution in [3.8, 4) is 0 Å². The maximum atomic E-state index is 12.8. The van der Waals surface area contributed by atoms with Crippen LogP contribution in [0.2, 0.25) is 0 Å². The zero-order valence-corrected chi connectivity index (χ0v) is 16.5. The number of amides is 2. The number of carbonyl (C=O) groups excluding carboxylic acids is 2. The van der Waals surface area contributed by atoms with Gasteiger partial charge in [-0.1, -0.05) is 0 Å². The van der Waals surface area contributed by atoms with Gasteiger partial charge >= 0.3 is 0 Å². The van der Waals surface area contributed by atoms with Gasteiger partial charge in [0.25, 0.3) is 11.8 Å². The van der Waals surface area contributed by atoms with Crippen LogP contribution in [-0.4, -0.2) is 44.2 Å². The van der Waals surface area contributed by atoms with E-state index in [1.165, 1.54) is 10.4 Å². The fraction of sp³-hybridized carbons (Fsp3) is 0.333. The molecule has 2 aromatic rings. The topological polar surface area (TPSA) is 95.6 Å². The van der Waals surface area contributed by atoms with Crippen molar-refractivity contribution in [2.45, 2.75) is 24.7 Å². The van der Waals surface area contributed by atoms with E-state index < -0.39 is 15.9 Å². The maximum absolute atomic E-state index is 12.8. The molecule has 0 spiro atoms. The SMILES string of the molecule is CCNC(=O)c1ccc(NC(=O)c2sccc2S(=O)(=O)N2CCCC2)cc1. The van der Waals surface area contributed by atoms with Crippen molar-refractivity contribution in [2.75, 3.05) is 25.0 Å². The molecule has 0 radical (unpaired) electrons. The first-order chi connectivity index (χ1) is 12.9. The minimum Gasteiger partial charge on any atom is -0.352 e. The van der Waals surface area contributed by atoms with Crippen molar-refractivity contribution >= 4 is 38.9 Å². The molecule has 2 amide bonds. The Bertz CT molecular complexity index is 930. The highest BCUT2D eigenvalue weighted by molar-refractivity contribution is 7.89. The molecule has 3 rings (SSSR count). The van der Waals surface area contributed by atoms with Crippen LogP contribution in [0.4, 0.5) is 5.69 Å². The van der Waals surface area contributed by atoms with Gasteiger partial charge in [0.1, 0.15) is 9.77 Å². The molecule has 7 nitrogen and oxygen atoms in total. The van der Waals surface area contributed by atoms with Crippen LogP contribution in [0.3, 0.4) is 0 Å². The van der Waals surface area contributed by atoms with E-state index in [2.05, 4.69) is 10.6 Å². The summed E-state index contributed by atoms with van der Waals surface area (Å²) in [5, 5.41) is 7.01. The molecular weight excluding hydrogens is 386 g/mol. The highest BCUT2D eigenvalue weighted by Crippen LogP contribution is 2.28. The Morgan fingerprint density at radius 1 is 1.07 bits per heavy atom. The van der Waals surface area contributed by atoms with Gasteiger partial charge < -0.3 is 10.6 Å². The largest absolute Gasteiger partial charge is 0.352 e. The van der Waals surface area contributed by atoms with Crippen LogP contribution in [0.1, 0.15) is 39.8 Å². The van der Waals surface area contributed by atoms with Crippen LogP contribution in [0.5, 0.6) is 0 Å². The van der Waals surface area contributed by atoms with E-state index in [1.54, 1.807) is 29.6 Å². The summed E-state index contributed by atoms with van der Waals surface area (Å²) in [6.07, 6.45) is 1.67. The third-order valence-electron chi connectivity index (χ3n) is 4.26. The zero-order valence-electron chi connectivity index (χ0n) is 14.9. The monoisotopic (exact) mass is 407 g/mol. The predicted octanol–water partition coefficient (Wildman–Crippen LogP) is 2.53. The fourth-order valence-corrected chi connectivity index (χ4v) is 5.70. The first kappa shape index (κ1) is 19.5. The van der Waals surface area contributed by atoms with E-state index >= 15 is 0 Å². The number of rotatable bonds is 6. The molecule has 1 fully saturated rings. The number of benzene rings is 1. The molecule has 0 unspecified atom stereocenters. The average molecular weight is 408 g/mol. The minimum atomic E-state index is -3.66. The summed E-state index contributed by atoms with van der Waals surface area (Å²) < 4.78 is 26.9. The van der Waals surface area contributed by atoms with Crippen molar-refractivity contribution in [3.05, 3.63) is 46.2 Å². The van der Waals surface area contributed by atoms with Crippen molar-refractivity contribution in [2.24, 2.45) is 0 Å². The molecule has 1 aromatic heterocycles. The van der Waals surface area contributed by atoms with E-state index in [-0.39, 0.29) is 15.7 Å². The van der Waals surface area contributed by atoms with Crippen LogP contribution in [0.15, 0.2) is 40.6 Å². The number of hydrogen-bond donors (Lipinski definition) is 2. The Morgan fingerprint density at radius 2 is 1.74 bits per heavy atom. The lowest BCUT2D eigenvalue weighted by Gasteiger charge is -2.15. The number of anilines is 1. The van der Waals surface area contributed by atoms with E-state index in [4.69, 9.17) is 0 Å². The molecule has 1 aliphatic heterocycles. The highest BCUT2D eigenvalue weighted by Gasteiger charge is 2.31. The van der Waals surface area contributed by atoms with Gasteiger partial charge in [-0.25, -0.2) is 8.42 Å². The lowest BCUT2D eigenvalue weighted by Crippen LogP contribution is -2.29. The molecule has 144 valence electrons. The molecule has 1 aliphatic rings. The summed E-state index contributed by atoms with van der Waals surface area (Å²) in [7, 11) is -3.66. The van der Waals surface area contributed by atoms with Gasteiger partial charge in [0, 0.05) is 30.9 Å². The molecule has 1 aromatic carbocycles. The molecule has 1 saturated heterocycles. The van der Waals surface area contributed by atoms with E-state index in [1.807, 2.05) is 6.92 Å². The first-order valence-electron chi connectivity index (χ1n) is 8.70. The molecule has 27 heavy (non-hydrogen) atoms. The second-order valence-corrected chi connectivity index (χ2v) is 8.94. The van der Waals surface area contributed by atoms with Gasteiger partial charge in [-0.05, 0) is 55.5 Å². The summed E-state index contributed by atoms with van der Waals surface area (Å²) in [4.78, 5) is 24.6. The highest BCUT2D eigenvalue weighted by atomic mass is 32.2. The van der Waals surface area contributed by atoms with E-state index in [0.29, 0.717) is 30.9 Å². The number of hydrogen-bond acceptors (Lipinski definition) is 5. The lowest BCUT2D eigenvalue weighted by molar-refractivity contribution is 0.0955. The molecule has 2 N–H and O–H groups in total. The van der Waals surface area contributed by atoms with Crippen molar-refractivity contribution in [3.63, 3.8) is 0 Å². The molecule has 0 bridgehead atoms. The second-order valence-electron chi connectivity index (χ2n) is 6.12. The van der Waals surface area contributed by atoms with E-state index in [0.717, 1.165) is 24.2 Å². The van der Waals surface area contributed by atoms with Crippen molar-refractivity contribution in [1.82, 2.24) is 9.62 Å². The van der Waals surface area contributed by atoms with Crippen molar-refractivity contribution < 1.29 is 18.0 Å². The Hall–Kier alpha value is -2.23. The molecule has 9 heteroatoms. The normalized spacial score (nSPS) is 14.9. The lowest BCUT2D eigenvalue weighted by atomic mass is 10.2. The molecular formula is C18H21N3O4S2.